The summed E-state index contributed by atoms with van der Waals surface area (Å²) in [5, 5.41) is 0. The van der Waals surface area contributed by atoms with Gasteiger partial charge in [0.05, 0.1) is 11.9 Å². The third kappa shape index (κ3) is 5.15. The number of amides is 1. The molecule has 0 spiro atoms. The fourth-order valence-electron chi connectivity index (χ4n) is 4.35. The monoisotopic (exact) mass is 394 g/mol. The number of hydrogen-bond acceptors (Lipinski definition) is 4. The zero-order chi connectivity index (χ0) is 20.6. The second-order valence-electron chi connectivity index (χ2n) is 7.89. The molecule has 2 aliphatic rings. The Labute approximate surface area is 174 Å². The molecule has 1 aromatic heterocycles. The number of carbonyl (C=O) groups is 1. The molecule has 2 aromatic rings. The van der Waals surface area contributed by atoms with Gasteiger partial charge in [0.15, 0.2) is 0 Å². The number of nitrogens with zero attached hydrogens (tertiary/aromatic N) is 3. The molecule has 2 heterocycles. The van der Waals surface area contributed by atoms with Gasteiger partial charge in [0.1, 0.15) is 5.82 Å². The number of aromatic nitrogens is 1. The largest absolute Gasteiger partial charge is 0.357 e. The molecular weight excluding hydrogens is 360 g/mol. The summed E-state index contributed by atoms with van der Waals surface area (Å²) < 4.78 is 0. The van der Waals surface area contributed by atoms with Gasteiger partial charge in [0.25, 0.3) is 5.91 Å². The van der Waals surface area contributed by atoms with Crippen LogP contribution in [0.3, 0.4) is 0 Å². The first-order valence-corrected chi connectivity index (χ1v) is 10.9. The normalized spacial score (nSPS) is 16.9. The summed E-state index contributed by atoms with van der Waals surface area (Å²) in [5.41, 5.74) is 7.45. The van der Waals surface area contributed by atoms with Gasteiger partial charge in [0, 0.05) is 25.7 Å². The Hall–Kier alpha value is -2.40. The molecule has 1 aliphatic heterocycles. The molecule has 2 N–H and O–H groups in total. The third-order valence-electron chi connectivity index (χ3n) is 6.09. The maximum atomic E-state index is 12.9. The molecule has 4 rings (SSSR count). The van der Waals surface area contributed by atoms with Crippen LogP contribution in [-0.4, -0.2) is 38.1 Å². The first kappa shape index (κ1) is 21.3. The van der Waals surface area contributed by atoms with Gasteiger partial charge in [0.2, 0.25) is 0 Å². The van der Waals surface area contributed by atoms with Crippen molar-refractivity contribution in [2.75, 3.05) is 37.0 Å². The average molecular weight is 395 g/mol. The van der Waals surface area contributed by atoms with Crippen LogP contribution >= 0.6 is 0 Å². The second kappa shape index (κ2) is 10.4. The molecule has 1 aliphatic carbocycles. The van der Waals surface area contributed by atoms with E-state index < -0.39 is 0 Å². The Bertz CT molecular complexity index is 760. The summed E-state index contributed by atoms with van der Waals surface area (Å²) >= 11 is 0. The van der Waals surface area contributed by atoms with Gasteiger partial charge in [-0.2, -0.15) is 0 Å². The van der Waals surface area contributed by atoms with Crippen LogP contribution in [0.1, 0.15) is 66.8 Å². The lowest BCUT2D eigenvalue weighted by Crippen LogP contribution is -2.26. The first-order chi connectivity index (χ1) is 14.2. The molecule has 1 amide bonds. The molecule has 0 unspecified atom stereocenters. The lowest BCUT2D eigenvalue weighted by molar-refractivity contribution is 0.0993. The molecule has 1 saturated carbocycles. The maximum absolute atomic E-state index is 12.9. The minimum absolute atomic E-state index is 0.0147. The molecule has 29 heavy (non-hydrogen) atoms. The molecule has 1 saturated heterocycles. The van der Waals surface area contributed by atoms with Crippen molar-refractivity contribution in [3.63, 3.8) is 0 Å². The number of nitrogens with two attached hydrogens (primary N) is 1. The molecule has 1 aromatic carbocycles. The van der Waals surface area contributed by atoms with Crippen LogP contribution in [0.15, 0.2) is 42.6 Å². The summed E-state index contributed by atoms with van der Waals surface area (Å²) in [6, 6.07) is 12.3. The van der Waals surface area contributed by atoms with E-state index in [9.17, 15) is 4.79 Å². The smallest absolute Gasteiger partial charge is 0.258 e. The molecular formula is C24H34N4O. The second-order valence-corrected chi connectivity index (χ2v) is 7.89. The SMILES string of the molecule is CN.CN(C(=O)c1ccc(C2CCCCC2)cc1)c1ccc(N2CCCC2)nc1. The van der Waals surface area contributed by atoms with Crippen molar-refractivity contribution in [3.05, 3.63) is 53.7 Å². The van der Waals surface area contributed by atoms with E-state index >= 15 is 0 Å². The van der Waals surface area contributed by atoms with Crippen molar-refractivity contribution in [1.82, 2.24) is 4.98 Å². The highest BCUT2D eigenvalue weighted by atomic mass is 16.2. The van der Waals surface area contributed by atoms with E-state index in [1.165, 1.54) is 57.6 Å². The number of carbonyl (C=O) groups excluding carboxylic acids is 1. The van der Waals surface area contributed by atoms with Gasteiger partial charge in [-0.1, -0.05) is 31.4 Å². The van der Waals surface area contributed by atoms with Crippen LogP contribution in [0, 0.1) is 0 Å². The van der Waals surface area contributed by atoms with E-state index in [0.717, 1.165) is 30.2 Å². The molecule has 0 atom stereocenters. The summed E-state index contributed by atoms with van der Waals surface area (Å²) in [6.45, 7) is 2.16. The van der Waals surface area contributed by atoms with Gasteiger partial charge >= 0.3 is 0 Å². The number of rotatable bonds is 4. The highest BCUT2D eigenvalue weighted by Gasteiger charge is 2.18. The van der Waals surface area contributed by atoms with E-state index in [2.05, 4.69) is 27.8 Å². The number of hydrogen-bond donors (Lipinski definition) is 1. The van der Waals surface area contributed by atoms with E-state index in [0.29, 0.717) is 5.92 Å². The predicted molar refractivity (Wildman–Crippen MR) is 121 cm³/mol. The Morgan fingerprint density at radius 3 is 2.21 bits per heavy atom. The molecule has 5 heteroatoms. The fraction of sp³-hybridized carbons (Fsp3) is 0.500. The Balaban J connectivity index is 0.00000117. The summed E-state index contributed by atoms with van der Waals surface area (Å²) in [7, 11) is 3.32. The van der Waals surface area contributed by atoms with Crippen molar-refractivity contribution >= 4 is 17.4 Å². The average Bonchev–Trinajstić information content (AvgIpc) is 3.35. The van der Waals surface area contributed by atoms with Crippen molar-refractivity contribution in [1.29, 1.82) is 0 Å². The quantitative estimate of drug-likeness (QED) is 0.824. The predicted octanol–water partition coefficient (Wildman–Crippen LogP) is 4.58. The number of anilines is 2. The first-order valence-electron chi connectivity index (χ1n) is 10.9. The fourth-order valence-corrected chi connectivity index (χ4v) is 4.35. The number of pyridine rings is 1. The van der Waals surface area contributed by atoms with Gasteiger partial charge < -0.3 is 15.5 Å². The summed E-state index contributed by atoms with van der Waals surface area (Å²) in [4.78, 5) is 21.4. The van der Waals surface area contributed by atoms with Crippen molar-refractivity contribution < 1.29 is 4.79 Å². The molecule has 5 nitrogen and oxygen atoms in total. The van der Waals surface area contributed by atoms with E-state index in [1.807, 2.05) is 37.5 Å². The maximum Gasteiger partial charge on any atom is 0.258 e. The molecule has 0 bridgehead atoms. The van der Waals surface area contributed by atoms with Crippen molar-refractivity contribution in [2.24, 2.45) is 5.73 Å². The summed E-state index contributed by atoms with van der Waals surface area (Å²) in [5.74, 6) is 1.69. The number of benzene rings is 1. The third-order valence-corrected chi connectivity index (χ3v) is 6.09. The zero-order valence-corrected chi connectivity index (χ0v) is 17.8. The minimum Gasteiger partial charge on any atom is -0.357 e. The van der Waals surface area contributed by atoms with Crippen molar-refractivity contribution in [2.45, 2.75) is 50.9 Å². The lowest BCUT2D eigenvalue weighted by Gasteiger charge is -2.23. The van der Waals surface area contributed by atoms with Gasteiger partial charge in [-0.3, -0.25) is 4.79 Å². The Morgan fingerprint density at radius 2 is 1.62 bits per heavy atom. The summed E-state index contributed by atoms with van der Waals surface area (Å²) in [6.07, 6.45) is 10.9. The van der Waals surface area contributed by atoms with E-state index in [1.54, 1.807) is 4.90 Å². The van der Waals surface area contributed by atoms with Crippen LogP contribution in [0.2, 0.25) is 0 Å². The molecule has 156 valence electrons. The van der Waals surface area contributed by atoms with Crippen LogP contribution in [0.5, 0.6) is 0 Å². The highest BCUT2D eigenvalue weighted by Crippen LogP contribution is 2.32. The standard InChI is InChI=1S/C23H29N3O.CH5N/c1-25(21-13-14-22(24-17-21)26-15-5-6-16-26)23(27)20-11-9-19(10-12-20)18-7-3-2-4-8-18;1-2/h9-14,17-18H,2-8,15-16H2,1H3;2H2,1H3. The van der Waals surface area contributed by atoms with Crippen LogP contribution in [0.4, 0.5) is 11.5 Å². The van der Waals surface area contributed by atoms with Crippen molar-refractivity contribution in [3.8, 4) is 0 Å². The van der Waals surface area contributed by atoms with Gasteiger partial charge in [-0.25, -0.2) is 4.98 Å². The highest BCUT2D eigenvalue weighted by molar-refractivity contribution is 6.05. The van der Waals surface area contributed by atoms with Crippen LogP contribution in [-0.2, 0) is 0 Å². The molecule has 0 radical (unpaired) electrons. The van der Waals surface area contributed by atoms with Crippen LogP contribution < -0.4 is 15.5 Å². The Kier molecular flexibility index (Phi) is 7.64. The molecule has 2 fully saturated rings. The topological polar surface area (TPSA) is 62.5 Å². The van der Waals surface area contributed by atoms with E-state index in [-0.39, 0.29) is 5.91 Å². The van der Waals surface area contributed by atoms with Gasteiger partial charge in [-0.15, -0.1) is 0 Å². The van der Waals surface area contributed by atoms with Crippen LogP contribution in [0.25, 0.3) is 0 Å². The minimum atomic E-state index is 0.0147. The van der Waals surface area contributed by atoms with E-state index in [4.69, 9.17) is 0 Å². The lowest BCUT2D eigenvalue weighted by atomic mass is 9.84. The Morgan fingerprint density at radius 1 is 0.966 bits per heavy atom. The van der Waals surface area contributed by atoms with Gasteiger partial charge in [-0.05, 0) is 68.5 Å². The zero-order valence-electron chi connectivity index (χ0n) is 17.8.